The lowest BCUT2D eigenvalue weighted by molar-refractivity contribution is 0.0867. The zero-order valence-electron chi connectivity index (χ0n) is 10.3. The lowest BCUT2D eigenvalue weighted by Crippen LogP contribution is -2.39. The van der Waals surface area contributed by atoms with Crippen LogP contribution in [0.5, 0.6) is 0 Å². The third kappa shape index (κ3) is 1.88. The van der Waals surface area contributed by atoms with Gasteiger partial charge in [-0.1, -0.05) is 18.2 Å². The number of ether oxygens (including phenoxy) is 1. The number of amides is 1. The molecule has 0 saturated carbocycles. The topological polar surface area (TPSA) is 54.1 Å². The molecule has 4 nitrogen and oxygen atoms in total. The van der Waals surface area contributed by atoms with E-state index in [1.807, 2.05) is 31.2 Å². The number of fused-ring (bicyclic) bond motifs is 1. The van der Waals surface area contributed by atoms with Gasteiger partial charge in [0.05, 0.1) is 17.7 Å². The SMILES string of the molecule is CC1OCCC1NC(=O)c1c[nH]c2ccccc12. The highest BCUT2D eigenvalue weighted by Gasteiger charge is 2.26. The van der Waals surface area contributed by atoms with Crippen LogP contribution in [0.3, 0.4) is 0 Å². The highest BCUT2D eigenvalue weighted by atomic mass is 16.5. The Bertz CT molecular complexity index is 576. The smallest absolute Gasteiger partial charge is 0.253 e. The molecule has 2 unspecified atom stereocenters. The van der Waals surface area contributed by atoms with E-state index in [4.69, 9.17) is 4.74 Å². The van der Waals surface area contributed by atoms with Crippen LogP contribution >= 0.6 is 0 Å². The van der Waals surface area contributed by atoms with Crippen LogP contribution in [-0.2, 0) is 4.74 Å². The summed E-state index contributed by atoms with van der Waals surface area (Å²) >= 11 is 0. The number of hydrogen-bond acceptors (Lipinski definition) is 2. The van der Waals surface area contributed by atoms with E-state index in [1.54, 1.807) is 6.20 Å². The Morgan fingerprint density at radius 1 is 1.44 bits per heavy atom. The standard InChI is InChI=1S/C14H16N2O2/c1-9-12(6-7-18-9)16-14(17)11-8-15-13-5-3-2-4-10(11)13/h2-5,8-9,12,15H,6-7H2,1H3,(H,16,17). The maximum absolute atomic E-state index is 12.2. The summed E-state index contributed by atoms with van der Waals surface area (Å²) < 4.78 is 5.45. The number of aromatic amines is 1. The van der Waals surface area contributed by atoms with Gasteiger partial charge in [0.25, 0.3) is 5.91 Å². The quantitative estimate of drug-likeness (QED) is 0.849. The minimum atomic E-state index is -0.0326. The first kappa shape index (κ1) is 11.3. The van der Waals surface area contributed by atoms with Crippen LogP contribution in [-0.4, -0.2) is 29.6 Å². The molecule has 0 aliphatic carbocycles. The van der Waals surface area contributed by atoms with Crippen molar-refractivity contribution >= 4 is 16.8 Å². The average Bonchev–Trinajstić information content (AvgIpc) is 2.96. The van der Waals surface area contributed by atoms with Crippen molar-refractivity contribution in [3.05, 3.63) is 36.0 Å². The summed E-state index contributed by atoms with van der Waals surface area (Å²) in [5.74, 6) is -0.0326. The van der Waals surface area contributed by atoms with E-state index in [2.05, 4.69) is 10.3 Å². The van der Waals surface area contributed by atoms with Gasteiger partial charge in [-0.2, -0.15) is 0 Å². The van der Waals surface area contributed by atoms with Crippen LogP contribution in [0.2, 0.25) is 0 Å². The van der Waals surface area contributed by atoms with Crippen molar-refractivity contribution in [3.8, 4) is 0 Å². The maximum atomic E-state index is 12.2. The van der Waals surface area contributed by atoms with Crippen molar-refractivity contribution in [3.63, 3.8) is 0 Å². The van der Waals surface area contributed by atoms with Gasteiger partial charge in [-0.15, -0.1) is 0 Å². The molecule has 1 aliphatic heterocycles. The zero-order valence-corrected chi connectivity index (χ0v) is 10.3. The van der Waals surface area contributed by atoms with Crippen LogP contribution in [0.1, 0.15) is 23.7 Å². The zero-order chi connectivity index (χ0) is 12.5. The second-order valence-electron chi connectivity index (χ2n) is 4.69. The third-order valence-corrected chi connectivity index (χ3v) is 3.53. The number of rotatable bonds is 2. The summed E-state index contributed by atoms with van der Waals surface area (Å²) in [5, 5.41) is 4.00. The van der Waals surface area contributed by atoms with Crippen LogP contribution in [0.4, 0.5) is 0 Å². The molecule has 18 heavy (non-hydrogen) atoms. The van der Waals surface area contributed by atoms with Gasteiger partial charge in [-0.25, -0.2) is 0 Å². The molecule has 0 bridgehead atoms. The fourth-order valence-corrected chi connectivity index (χ4v) is 2.43. The predicted octanol–water partition coefficient (Wildman–Crippen LogP) is 2.08. The maximum Gasteiger partial charge on any atom is 0.253 e. The molecule has 1 amide bonds. The summed E-state index contributed by atoms with van der Waals surface area (Å²) in [6.07, 6.45) is 2.74. The van der Waals surface area contributed by atoms with E-state index < -0.39 is 0 Å². The van der Waals surface area contributed by atoms with E-state index in [0.29, 0.717) is 5.56 Å². The number of para-hydroxylation sites is 1. The Morgan fingerprint density at radius 3 is 3.06 bits per heavy atom. The van der Waals surface area contributed by atoms with E-state index in [0.717, 1.165) is 23.9 Å². The molecule has 1 aliphatic rings. The second kappa shape index (κ2) is 4.46. The summed E-state index contributed by atoms with van der Waals surface area (Å²) in [6.45, 7) is 2.72. The Morgan fingerprint density at radius 2 is 2.28 bits per heavy atom. The molecule has 2 N–H and O–H groups in total. The van der Waals surface area contributed by atoms with Crippen molar-refractivity contribution < 1.29 is 9.53 Å². The van der Waals surface area contributed by atoms with Gasteiger partial charge in [-0.05, 0) is 19.4 Å². The van der Waals surface area contributed by atoms with Gasteiger partial charge in [0.1, 0.15) is 0 Å². The van der Waals surface area contributed by atoms with Crippen LogP contribution in [0.25, 0.3) is 10.9 Å². The van der Waals surface area contributed by atoms with Crippen LogP contribution in [0, 0.1) is 0 Å². The number of aromatic nitrogens is 1. The van der Waals surface area contributed by atoms with Crippen LogP contribution < -0.4 is 5.32 Å². The molecule has 2 heterocycles. The molecule has 3 rings (SSSR count). The van der Waals surface area contributed by atoms with Gasteiger partial charge in [-0.3, -0.25) is 4.79 Å². The minimum absolute atomic E-state index is 0.0326. The summed E-state index contributed by atoms with van der Waals surface area (Å²) in [7, 11) is 0. The number of hydrogen-bond donors (Lipinski definition) is 2. The fourth-order valence-electron chi connectivity index (χ4n) is 2.43. The van der Waals surface area contributed by atoms with Crippen molar-refractivity contribution in [2.24, 2.45) is 0 Å². The first-order valence-electron chi connectivity index (χ1n) is 6.24. The monoisotopic (exact) mass is 244 g/mol. The van der Waals surface area contributed by atoms with Gasteiger partial charge in [0.15, 0.2) is 0 Å². The molecular formula is C14H16N2O2. The van der Waals surface area contributed by atoms with E-state index in [9.17, 15) is 4.79 Å². The third-order valence-electron chi connectivity index (χ3n) is 3.53. The lowest BCUT2D eigenvalue weighted by Gasteiger charge is -2.15. The van der Waals surface area contributed by atoms with Gasteiger partial charge < -0.3 is 15.0 Å². The lowest BCUT2D eigenvalue weighted by atomic mass is 10.1. The molecule has 1 fully saturated rings. The highest BCUT2D eigenvalue weighted by molar-refractivity contribution is 6.06. The first-order chi connectivity index (χ1) is 8.75. The molecule has 1 saturated heterocycles. The first-order valence-corrected chi connectivity index (χ1v) is 6.24. The molecule has 94 valence electrons. The fraction of sp³-hybridized carbons (Fsp3) is 0.357. The second-order valence-corrected chi connectivity index (χ2v) is 4.69. The Kier molecular flexibility index (Phi) is 2.80. The van der Waals surface area contributed by atoms with Gasteiger partial charge >= 0.3 is 0 Å². The van der Waals surface area contributed by atoms with Crippen molar-refractivity contribution in [1.82, 2.24) is 10.3 Å². The molecule has 4 heteroatoms. The molecule has 1 aromatic heterocycles. The molecular weight excluding hydrogens is 228 g/mol. The molecule has 2 atom stereocenters. The minimum Gasteiger partial charge on any atom is -0.376 e. The summed E-state index contributed by atoms with van der Waals surface area (Å²) in [6, 6.07) is 7.93. The molecule has 2 aromatic rings. The summed E-state index contributed by atoms with van der Waals surface area (Å²) in [4.78, 5) is 15.3. The normalized spacial score (nSPS) is 23.4. The van der Waals surface area contributed by atoms with Crippen LogP contribution in [0.15, 0.2) is 30.5 Å². The highest BCUT2D eigenvalue weighted by Crippen LogP contribution is 2.19. The van der Waals surface area contributed by atoms with Crippen molar-refractivity contribution in [1.29, 1.82) is 0 Å². The average molecular weight is 244 g/mol. The van der Waals surface area contributed by atoms with Crippen molar-refractivity contribution in [2.45, 2.75) is 25.5 Å². The Labute approximate surface area is 105 Å². The summed E-state index contributed by atoms with van der Waals surface area (Å²) in [5.41, 5.74) is 1.68. The molecule has 1 aromatic carbocycles. The number of H-pyrrole nitrogens is 1. The Balaban J connectivity index is 1.84. The van der Waals surface area contributed by atoms with E-state index >= 15 is 0 Å². The number of benzene rings is 1. The number of carbonyl (C=O) groups is 1. The number of nitrogens with one attached hydrogen (secondary N) is 2. The van der Waals surface area contributed by atoms with E-state index in [1.165, 1.54) is 0 Å². The largest absolute Gasteiger partial charge is 0.376 e. The predicted molar refractivity (Wildman–Crippen MR) is 69.6 cm³/mol. The van der Waals surface area contributed by atoms with Gasteiger partial charge in [0.2, 0.25) is 0 Å². The Hall–Kier alpha value is -1.81. The molecule has 0 spiro atoms. The number of carbonyl (C=O) groups excluding carboxylic acids is 1. The molecule has 0 radical (unpaired) electrons. The van der Waals surface area contributed by atoms with E-state index in [-0.39, 0.29) is 18.1 Å². The van der Waals surface area contributed by atoms with Gasteiger partial charge in [0, 0.05) is 23.7 Å². The van der Waals surface area contributed by atoms with Crippen molar-refractivity contribution in [2.75, 3.05) is 6.61 Å².